The number of thiophene rings is 1. The lowest BCUT2D eigenvalue weighted by molar-refractivity contribution is 0.0774. The van der Waals surface area contributed by atoms with Crippen LogP contribution in [0.25, 0.3) is 16.7 Å². The molecule has 5 nitrogen and oxygen atoms in total. The maximum atomic E-state index is 12.6. The molecule has 0 radical (unpaired) electrons. The monoisotopic (exact) mass is 476 g/mol. The quantitative estimate of drug-likeness (QED) is 0.519. The molecule has 0 bridgehead atoms. The van der Waals surface area contributed by atoms with Crippen LogP contribution < -0.4 is 0 Å². The van der Waals surface area contributed by atoms with Gasteiger partial charge in [-0.15, -0.1) is 11.3 Å². The van der Waals surface area contributed by atoms with Crippen LogP contribution in [0.1, 0.15) is 34.3 Å². The number of nitrogens with zero attached hydrogens (tertiary/aromatic N) is 2. The summed E-state index contributed by atoms with van der Waals surface area (Å²) in [6.07, 6.45) is 7.77. The van der Waals surface area contributed by atoms with Gasteiger partial charge >= 0.3 is 0 Å². The van der Waals surface area contributed by atoms with Crippen LogP contribution in [0.3, 0.4) is 0 Å². The number of rotatable bonds is 5. The Labute approximate surface area is 198 Å². The Morgan fingerprint density at radius 3 is 2.73 bits per heavy atom. The number of carbonyl (C=O) groups is 1. The lowest BCUT2D eigenvalue weighted by Gasteiger charge is -2.27. The molecule has 0 saturated carbocycles. The van der Waals surface area contributed by atoms with Crippen LogP contribution in [0.4, 0.5) is 0 Å². The van der Waals surface area contributed by atoms with Crippen molar-refractivity contribution in [1.29, 1.82) is 0 Å². The fourth-order valence-corrected chi connectivity index (χ4v) is 5.97. The number of sulfone groups is 1. The SMILES string of the molecule is CCS(=O)(=O)c1cccc(-c2cnc3c(c2)C(C2=CCN(C(=O)c4cccs4)CC2)=CC3)c1. The van der Waals surface area contributed by atoms with Gasteiger partial charge in [-0.2, -0.15) is 0 Å². The van der Waals surface area contributed by atoms with Crippen molar-refractivity contribution in [2.45, 2.75) is 24.7 Å². The summed E-state index contributed by atoms with van der Waals surface area (Å²) in [4.78, 5) is 20.3. The normalized spacial score (nSPS) is 15.7. The molecular weight excluding hydrogens is 452 g/mol. The van der Waals surface area contributed by atoms with Gasteiger partial charge in [0.1, 0.15) is 0 Å². The summed E-state index contributed by atoms with van der Waals surface area (Å²) in [6, 6.07) is 13.0. The van der Waals surface area contributed by atoms with E-state index in [0.717, 1.165) is 40.1 Å². The summed E-state index contributed by atoms with van der Waals surface area (Å²) < 4.78 is 24.6. The molecular formula is C26H24N2O3S2. The Balaban J connectivity index is 1.40. The second-order valence-corrected chi connectivity index (χ2v) is 11.4. The van der Waals surface area contributed by atoms with Crippen molar-refractivity contribution in [3.8, 4) is 11.1 Å². The molecule has 2 aliphatic rings. The molecule has 0 unspecified atom stereocenters. The van der Waals surface area contributed by atoms with Crippen LogP contribution >= 0.6 is 11.3 Å². The molecule has 0 fully saturated rings. The van der Waals surface area contributed by atoms with Crippen LogP contribution in [0.15, 0.2) is 76.7 Å². The highest BCUT2D eigenvalue weighted by atomic mass is 32.2. The van der Waals surface area contributed by atoms with Gasteiger partial charge < -0.3 is 4.90 Å². The van der Waals surface area contributed by atoms with Gasteiger partial charge in [0, 0.05) is 36.8 Å². The fraction of sp³-hybridized carbons (Fsp3) is 0.231. The van der Waals surface area contributed by atoms with Gasteiger partial charge in [-0.3, -0.25) is 9.78 Å². The summed E-state index contributed by atoms with van der Waals surface area (Å²) in [5.74, 6) is 0.165. The summed E-state index contributed by atoms with van der Waals surface area (Å²) >= 11 is 1.48. The average Bonchev–Trinajstić information content (AvgIpc) is 3.54. The zero-order chi connectivity index (χ0) is 23.0. The Hall–Kier alpha value is -3.03. The predicted molar refractivity (Wildman–Crippen MR) is 132 cm³/mol. The van der Waals surface area contributed by atoms with Crippen molar-refractivity contribution in [3.63, 3.8) is 0 Å². The molecule has 0 spiro atoms. The van der Waals surface area contributed by atoms with Gasteiger partial charge in [-0.25, -0.2) is 8.42 Å². The summed E-state index contributed by atoms with van der Waals surface area (Å²) in [5.41, 5.74) is 6.30. The van der Waals surface area contributed by atoms with Gasteiger partial charge in [0.2, 0.25) is 0 Å². The van der Waals surface area contributed by atoms with Crippen molar-refractivity contribution >= 4 is 32.7 Å². The molecule has 1 aromatic carbocycles. The van der Waals surface area contributed by atoms with Crippen molar-refractivity contribution < 1.29 is 13.2 Å². The van der Waals surface area contributed by atoms with E-state index in [9.17, 15) is 13.2 Å². The average molecular weight is 477 g/mol. The van der Waals surface area contributed by atoms with E-state index >= 15 is 0 Å². The van der Waals surface area contributed by atoms with Crippen LogP contribution in [-0.2, 0) is 16.3 Å². The van der Waals surface area contributed by atoms with Crippen LogP contribution in [0, 0.1) is 0 Å². The van der Waals surface area contributed by atoms with Gasteiger partial charge in [0.25, 0.3) is 5.91 Å². The molecule has 33 heavy (non-hydrogen) atoms. The van der Waals surface area contributed by atoms with E-state index in [-0.39, 0.29) is 11.7 Å². The lowest BCUT2D eigenvalue weighted by Crippen LogP contribution is -2.34. The van der Waals surface area contributed by atoms with Crippen LogP contribution in [-0.4, -0.2) is 43.1 Å². The number of hydrogen-bond donors (Lipinski definition) is 0. The zero-order valence-corrected chi connectivity index (χ0v) is 20.0. The summed E-state index contributed by atoms with van der Waals surface area (Å²) in [6.45, 7) is 2.95. The summed E-state index contributed by atoms with van der Waals surface area (Å²) in [7, 11) is -3.27. The highest BCUT2D eigenvalue weighted by molar-refractivity contribution is 7.91. The smallest absolute Gasteiger partial charge is 0.264 e. The Morgan fingerprint density at radius 1 is 1.12 bits per heavy atom. The first-order valence-electron chi connectivity index (χ1n) is 11.0. The van der Waals surface area contributed by atoms with Crippen molar-refractivity contribution in [3.05, 3.63) is 87.9 Å². The molecule has 7 heteroatoms. The second-order valence-electron chi connectivity index (χ2n) is 8.18. The fourth-order valence-electron chi connectivity index (χ4n) is 4.35. The Morgan fingerprint density at radius 2 is 2.00 bits per heavy atom. The first-order chi connectivity index (χ1) is 16.0. The number of aromatic nitrogens is 1. The molecule has 1 aliphatic heterocycles. The predicted octanol–water partition coefficient (Wildman–Crippen LogP) is 5.02. The molecule has 1 amide bonds. The van der Waals surface area contributed by atoms with Crippen molar-refractivity contribution in [2.75, 3.05) is 18.8 Å². The molecule has 3 heterocycles. The van der Waals surface area contributed by atoms with E-state index < -0.39 is 9.84 Å². The number of carbonyl (C=O) groups excluding carboxylic acids is 1. The third kappa shape index (κ3) is 4.18. The molecule has 0 saturated heterocycles. The Bertz CT molecular complexity index is 1390. The van der Waals surface area contributed by atoms with Crippen molar-refractivity contribution in [1.82, 2.24) is 9.88 Å². The zero-order valence-electron chi connectivity index (χ0n) is 18.3. The third-order valence-electron chi connectivity index (χ3n) is 6.24. The first kappa shape index (κ1) is 21.8. The van der Waals surface area contributed by atoms with E-state index in [0.29, 0.717) is 18.0 Å². The van der Waals surface area contributed by atoms with E-state index in [1.54, 1.807) is 25.1 Å². The molecule has 168 valence electrons. The molecule has 2 aromatic heterocycles. The highest BCUT2D eigenvalue weighted by Gasteiger charge is 2.25. The van der Waals surface area contributed by atoms with E-state index in [1.807, 2.05) is 34.7 Å². The van der Waals surface area contributed by atoms with Gasteiger partial charge in [0.05, 0.1) is 21.2 Å². The number of allylic oxidation sites excluding steroid dienone is 2. The second kappa shape index (κ2) is 8.72. The standard InChI is InChI=1S/C26H24N2O3S2/c1-2-33(30,31)21-6-3-5-19(15-21)20-16-23-22(8-9-24(23)27-17-20)18-10-12-28(13-11-18)26(29)25-7-4-14-32-25/h3-8,10,14-17H,2,9,11-13H2,1H3. The van der Waals surface area contributed by atoms with E-state index in [1.165, 1.54) is 22.5 Å². The number of hydrogen-bond acceptors (Lipinski definition) is 5. The molecule has 1 aliphatic carbocycles. The number of amides is 1. The topological polar surface area (TPSA) is 67.3 Å². The minimum atomic E-state index is -3.27. The lowest BCUT2D eigenvalue weighted by atomic mass is 9.94. The van der Waals surface area contributed by atoms with Crippen molar-refractivity contribution in [2.24, 2.45) is 0 Å². The Kier molecular flexibility index (Phi) is 5.76. The van der Waals surface area contributed by atoms with Gasteiger partial charge in [-0.05, 0) is 52.8 Å². The summed E-state index contributed by atoms with van der Waals surface area (Å²) in [5, 5.41) is 1.93. The molecule has 0 N–H and O–H groups in total. The van der Waals surface area contributed by atoms with Gasteiger partial charge in [-0.1, -0.05) is 37.3 Å². The number of pyridine rings is 1. The molecule has 3 aromatic rings. The molecule has 0 atom stereocenters. The molecule has 5 rings (SSSR count). The van der Waals surface area contributed by atoms with E-state index in [2.05, 4.69) is 23.2 Å². The van der Waals surface area contributed by atoms with Crippen LogP contribution in [0.2, 0.25) is 0 Å². The van der Waals surface area contributed by atoms with E-state index in [4.69, 9.17) is 0 Å². The largest absolute Gasteiger partial charge is 0.334 e. The maximum Gasteiger partial charge on any atom is 0.264 e. The first-order valence-corrected chi connectivity index (χ1v) is 13.5. The van der Waals surface area contributed by atoms with Crippen LogP contribution in [0.5, 0.6) is 0 Å². The number of benzene rings is 1. The highest BCUT2D eigenvalue weighted by Crippen LogP contribution is 2.37. The minimum absolute atomic E-state index is 0.0753. The minimum Gasteiger partial charge on any atom is -0.334 e. The maximum absolute atomic E-state index is 12.6. The van der Waals surface area contributed by atoms with Gasteiger partial charge in [0.15, 0.2) is 9.84 Å². The third-order valence-corrected chi connectivity index (χ3v) is 8.83. The number of fused-ring (bicyclic) bond motifs is 1.